The van der Waals surface area contributed by atoms with Gasteiger partial charge in [-0.15, -0.1) is 0 Å². The Hall–Kier alpha value is -0.610. The molecule has 4 heteroatoms. The van der Waals surface area contributed by atoms with Gasteiger partial charge in [-0.1, -0.05) is 6.92 Å². The highest BCUT2D eigenvalue weighted by molar-refractivity contribution is 5.76. The molecule has 1 saturated heterocycles. The van der Waals surface area contributed by atoms with E-state index in [2.05, 4.69) is 0 Å². The molecule has 4 nitrogen and oxygen atoms in total. The predicted octanol–water partition coefficient (Wildman–Crippen LogP) is 0.856. The second-order valence-electron chi connectivity index (χ2n) is 4.71. The SMILES string of the molecule is CCN(CC1CCOC1)C(=O)CC(C)CN. The molecule has 1 rings (SSSR count). The van der Waals surface area contributed by atoms with Crippen molar-refractivity contribution >= 4 is 5.91 Å². The summed E-state index contributed by atoms with van der Waals surface area (Å²) in [5.74, 6) is 1.03. The topological polar surface area (TPSA) is 55.6 Å². The molecule has 2 unspecified atom stereocenters. The Labute approximate surface area is 98.1 Å². The minimum absolute atomic E-state index is 0.229. The van der Waals surface area contributed by atoms with E-state index in [4.69, 9.17) is 10.5 Å². The van der Waals surface area contributed by atoms with Crippen LogP contribution < -0.4 is 5.73 Å². The van der Waals surface area contributed by atoms with Gasteiger partial charge in [-0.25, -0.2) is 0 Å². The van der Waals surface area contributed by atoms with Crippen LogP contribution in [0.15, 0.2) is 0 Å². The molecule has 0 aromatic heterocycles. The van der Waals surface area contributed by atoms with Crippen molar-refractivity contribution in [3.8, 4) is 0 Å². The standard InChI is InChI=1S/C12H24N2O2/c1-3-14(8-11-4-5-16-9-11)12(15)6-10(2)7-13/h10-11H,3-9,13H2,1-2H3. The van der Waals surface area contributed by atoms with Crippen LogP contribution in [0.1, 0.15) is 26.7 Å². The number of carbonyl (C=O) groups is 1. The molecule has 0 bridgehead atoms. The number of hydrogen-bond donors (Lipinski definition) is 1. The largest absolute Gasteiger partial charge is 0.381 e. The fraction of sp³-hybridized carbons (Fsp3) is 0.917. The molecule has 0 spiro atoms. The van der Waals surface area contributed by atoms with Gasteiger partial charge in [0.1, 0.15) is 0 Å². The van der Waals surface area contributed by atoms with Gasteiger partial charge in [0.25, 0.3) is 0 Å². The molecule has 1 fully saturated rings. The summed E-state index contributed by atoms with van der Waals surface area (Å²) in [4.78, 5) is 13.9. The molecular formula is C12H24N2O2. The molecule has 0 saturated carbocycles. The van der Waals surface area contributed by atoms with E-state index in [1.54, 1.807) is 0 Å². The van der Waals surface area contributed by atoms with E-state index < -0.39 is 0 Å². The van der Waals surface area contributed by atoms with E-state index in [1.165, 1.54) is 0 Å². The molecule has 0 aromatic rings. The molecule has 1 aliphatic rings. The third kappa shape index (κ3) is 4.10. The number of nitrogens with two attached hydrogens (primary N) is 1. The van der Waals surface area contributed by atoms with Gasteiger partial charge >= 0.3 is 0 Å². The number of ether oxygens (including phenoxy) is 1. The van der Waals surface area contributed by atoms with Crippen molar-refractivity contribution < 1.29 is 9.53 Å². The van der Waals surface area contributed by atoms with E-state index in [0.717, 1.165) is 32.7 Å². The van der Waals surface area contributed by atoms with E-state index in [-0.39, 0.29) is 11.8 Å². The smallest absolute Gasteiger partial charge is 0.222 e. The summed E-state index contributed by atoms with van der Waals surface area (Å²) in [6.45, 7) is 7.90. The highest BCUT2D eigenvalue weighted by Crippen LogP contribution is 2.15. The fourth-order valence-electron chi connectivity index (χ4n) is 1.96. The molecule has 0 aromatic carbocycles. The zero-order chi connectivity index (χ0) is 12.0. The molecule has 16 heavy (non-hydrogen) atoms. The highest BCUT2D eigenvalue weighted by atomic mass is 16.5. The molecule has 1 aliphatic heterocycles. The summed E-state index contributed by atoms with van der Waals surface area (Å²) in [7, 11) is 0. The second-order valence-corrected chi connectivity index (χ2v) is 4.71. The lowest BCUT2D eigenvalue weighted by molar-refractivity contribution is -0.132. The summed E-state index contributed by atoms with van der Waals surface area (Å²) < 4.78 is 5.33. The molecule has 1 amide bonds. The van der Waals surface area contributed by atoms with Crippen LogP contribution in [-0.4, -0.2) is 43.7 Å². The van der Waals surface area contributed by atoms with Gasteiger partial charge < -0.3 is 15.4 Å². The number of rotatable bonds is 6. The van der Waals surface area contributed by atoms with Crippen LogP contribution in [0.25, 0.3) is 0 Å². The van der Waals surface area contributed by atoms with Crippen molar-refractivity contribution in [2.75, 3.05) is 32.8 Å². The van der Waals surface area contributed by atoms with Crippen LogP contribution in [0, 0.1) is 11.8 Å². The summed E-state index contributed by atoms with van der Waals surface area (Å²) in [6, 6.07) is 0. The summed E-state index contributed by atoms with van der Waals surface area (Å²) in [5, 5.41) is 0. The van der Waals surface area contributed by atoms with Crippen LogP contribution in [0.4, 0.5) is 0 Å². The molecule has 94 valence electrons. The third-order valence-electron chi connectivity index (χ3n) is 3.16. The molecular weight excluding hydrogens is 204 g/mol. The lowest BCUT2D eigenvalue weighted by Crippen LogP contribution is -2.36. The molecule has 1 heterocycles. The van der Waals surface area contributed by atoms with Gasteiger partial charge in [0, 0.05) is 32.0 Å². The fourth-order valence-corrected chi connectivity index (χ4v) is 1.96. The average Bonchev–Trinajstić information content (AvgIpc) is 2.78. The molecule has 0 radical (unpaired) electrons. The normalized spacial score (nSPS) is 22.1. The first-order valence-electron chi connectivity index (χ1n) is 6.23. The van der Waals surface area contributed by atoms with Crippen LogP contribution in [0.2, 0.25) is 0 Å². The first kappa shape index (κ1) is 13.5. The van der Waals surface area contributed by atoms with Crippen LogP contribution >= 0.6 is 0 Å². The van der Waals surface area contributed by atoms with Gasteiger partial charge in [0.2, 0.25) is 5.91 Å². The number of carbonyl (C=O) groups excluding carboxylic acids is 1. The predicted molar refractivity (Wildman–Crippen MR) is 64.0 cm³/mol. The van der Waals surface area contributed by atoms with Crippen LogP contribution in [0.3, 0.4) is 0 Å². The maximum atomic E-state index is 12.0. The molecule has 2 N–H and O–H groups in total. The quantitative estimate of drug-likeness (QED) is 0.733. The minimum Gasteiger partial charge on any atom is -0.381 e. The van der Waals surface area contributed by atoms with Crippen molar-refractivity contribution in [1.82, 2.24) is 4.90 Å². The van der Waals surface area contributed by atoms with Crippen molar-refractivity contribution in [2.24, 2.45) is 17.6 Å². The first-order chi connectivity index (χ1) is 7.67. The van der Waals surface area contributed by atoms with E-state index in [9.17, 15) is 4.79 Å². The summed E-state index contributed by atoms with van der Waals surface area (Å²) in [6.07, 6.45) is 1.65. The van der Waals surface area contributed by atoms with Gasteiger partial charge in [-0.3, -0.25) is 4.79 Å². The van der Waals surface area contributed by atoms with Gasteiger partial charge in [-0.2, -0.15) is 0 Å². The maximum Gasteiger partial charge on any atom is 0.222 e. The lowest BCUT2D eigenvalue weighted by atomic mass is 10.1. The van der Waals surface area contributed by atoms with Crippen molar-refractivity contribution in [1.29, 1.82) is 0 Å². The molecule has 0 aliphatic carbocycles. The first-order valence-corrected chi connectivity index (χ1v) is 6.23. The summed E-state index contributed by atoms with van der Waals surface area (Å²) >= 11 is 0. The van der Waals surface area contributed by atoms with Crippen molar-refractivity contribution in [3.63, 3.8) is 0 Å². The Morgan fingerprint density at radius 2 is 2.38 bits per heavy atom. The Morgan fingerprint density at radius 3 is 2.88 bits per heavy atom. The second kappa shape index (κ2) is 6.86. The van der Waals surface area contributed by atoms with Gasteiger partial charge in [-0.05, 0) is 25.8 Å². The third-order valence-corrected chi connectivity index (χ3v) is 3.16. The minimum atomic E-state index is 0.229. The van der Waals surface area contributed by atoms with Gasteiger partial charge in [0.15, 0.2) is 0 Å². The van der Waals surface area contributed by atoms with E-state index >= 15 is 0 Å². The number of hydrogen-bond acceptors (Lipinski definition) is 3. The monoisotopic (exact) mass is 228 g/mol. The Bertz CT molecular complexity index is 215. The zero-order valence-electron chi connectivity index (χ0n) is 10.4. The summed E-state index contributed by atoms with van der Waals surface area (Å²) in [5.41, 5.74) is 5.53. The van der Waals surface area contributed by atoms with Crippen molar-refractivity contribution in [3.05, 3.63) is 0 Å². The highest BCUT2D eigenvalue weighted by Gasteiger charge is 2.22. The zero-order valence-corrected chi connectivity index (χ0v) is 10.4. The Morgan fingerprint density at radius 1 is 1.62 bits per heavy atom. The lowest BCUT2D eigenvalue weighted by Gasteiger charge is -2.24. The number of amides is 1. The van der Waals surface area contributed by atoms with Crippen LogP contribution in [0.5, 0.6) is 0 Å². The Balaban J connectivity index is 2.36. The maximum absolute atomic E-state index is 12.0. The van der Waals surface area contributed by atoms with E-state index in [1.807, 2.05) is 18.7 Å². The van der Waals surface area contributed by atoms with Crippen molar-refractivity contribution in [2.45, 2.75) is 26.7 Å². The number of nitrogens with zero attached hydrogens (tertiary/aromatic N) is 1. The van der Waals surface area contributed by atoms with Gasteiger partial charge in [0.05, 0.1) is 6.61 Å². The van der Waals surface area contributed by atoms with Crippen LogP contribution in [-0.2, 0) is 9.53 Å². The van der Waals surface area contributed by atoms with E-state index in [0.29, 0.717) is 18.9 Å². The average molecular weight is 228 g/mol. The Kier molecular flexibility index (Phi) is 5.77. The molecule has 2 atom stereocenters.